The van der Waals surface area contributed by atoms with E-state index in [0.717, 1.165) is 36.3 Å². The maximum atomic E-state index is 6.08. The van der Waals surface area contributed by atoms with Gasteiger partial charge in [0.05, 0.1) is 0 Å². The van der Waals surface area contributed by atoms with Crippen LogP contribution in [0.15, 0.2) is 12.1 Å². The molecular weight excluding hydrogens is 285 g/mol. The Labute approximate surface area is 164 Å². The van der Waals surface area contributed by atoms with Gasteiger partial charge in [0.15, 0.2) is 0 Å². The molecule has 1 aromatic heterocycles. The van der Waals surface area contributed by atoms with Crippen LogP contribution in [0, 0.1) is 26.2 Å². The van der Waals surface area contributed by atoms with Gasteiger partial charge in [-0.15, -0.1) is 0 Å². The topological polar surface area (TPSA) is 39.9 Å². The molecule has 2 unspecified atom stereocenters. The zero-order valence-corrected chi connectivity index (χ0v) is 16.0. The van der Waals surface area contributed by atoms with Crippen molar-refractivity contribution in [2.24, 2.45) is 11.8 Å². The molecule has 1 aliphatic carbocycles. The average molecular weight is 306 g/mol. The van der Waals surface area contributed by atoms with Gasteiger partial charge in [-0.1, -0.05) is 17.7 Å². The molecule has 2 heterocycles. The van der Waals surface area contributed by atoms with Gasteiger partial charge in [0.2, 0.25) is 0 Å². The van der Waals surface area contributed by atoms with Crippen LogP contribution in [-0.2, 0) is 6.42 Å². The zero-order chi connectivity index (χ0) is 12.4. The number of anilines is 1. The molecular formula is C14H21ClKN3-2. The number of nitrogens with zero attached hydrogens (tertiary/aromatic N) is 2. The molecule has 3 rings (SSSR count). The molecule has 1 saturated heterocycles. The molecule has 0 amide bonds. The van der Waals surface area contributed by atoms with Crippen LogP contribution in [0.25, 0.3) is 5.73 Å². The summed E-state index contributed by atoms with van der Waals surface area (Å²) in [5.41, 5.74) is 6.78. The molecule has 1 saturated carbocycles. The minimum atomic E-state index is 0. The van der Waals surface area contributed by atoms with Crippen LogP contribution in [0.1, 0.15) is 12.0 Å². The summed E-state index contributed by atoms with van der Waals surface area (Å²) >= 11 is 6.08. The van der Waals surface area contributed by atoms with Crippen LogP contribution in [0.3, 0.4) is 0 Å². The molecule has 1 N–H and O–H groups in total. The Bertz CT molecular complexity index is 390. The zero-order valence-electron chi connectivity index (χ0n) is 12.1. The molecule has 0 spiro atoms. The normalized spacial score (nSPS) is 22.4. The van der Waals surface area contributed by atoms with Crippen molar-refractivity contribution in [1.29, 1.82) is 0 Å². The number of fused-ring (bicyclic) bond motifs is 1. The molecule has 3 nitrogen and oxygen atoms in total. The van der Waals surface area contributed by atoms with Crippen LogP contribution < -0.4 is 56.3 Å². The molecule has 0 aromatic carbocycles. The first-order valence-electron chi connectivity index (χ1n) is 5.97. The van der Waals surface area contributed by atoms with E-state index < -0.39 is 0 Å². The summed E-state index contributed by atoms with van der Waals surface area (Å²) in [6.45, 7) is 6.15. The van der Waals surface area contributed by atoms with Crippen molar-refractivity contribution in [2.75, 3.05) is 25.0 Å². The molecule has 5 heteroatoms. The Kier molecular flexibility index (Phi) is 9.37. The Balaban J connectivity index is 0.000000776. The number of nitrogens with one attached hydrogen (secondary N) is 1. The van der Waals surface area contributed by atoms with Crippen LogP contribution in [-0.4, -0.2) is 25.1 Å². The first-order valence-corrected chi connectivity index (χ1v) is 6.35. The van der Waals surface area contributed by atoms with Crippen LogP contribution >= 0.6 is 11.6 Å². The summed E-state index contributed by atoms with van der Waals surface area (Å²) in [5.74, 6) is 2.89. The predicted octanol–water partition coefficient (Wildman–Crippen LogP) is 0.690. The molecule has 0 bridgehead atoms. The molecule has 2 atom stereocenters. The smallest absolute Gasteiger partial charge is 0.680 e. The van der Waals surface area contributed by atoms with Crippen molar-refractivity contribution in [3.8, 4) is 0 Å². The fourth-order valence-corrected chi connectivity index (χ4v) is 2.65. The second-order valence-electron chi connectivity index (χ2n) is 4.53. The molecule has 2 fully saturated rings. The van der Waals surface area contributed by atoms with Gasteiger partial charge in [-0.2, -0.15) is 13.5 Å². The Hall–Kier alpha value is 0.836. The minimum Gasteiger partial charge on any atom is -0.680 e. The van der Waals surface area contributed by atoms with Gasteiger partial charge in [0.1, 0.15) is 11.0 Å². The van der Waals surface area contributed by atoms with Crippen molar-refractivity contribution in [1.82, 2.24) is 4.98 Å². The first-order chi connectivity index (χ1) is 8.28. The van der Waals surface area contributed by atoms with E-state index in [9.17, 15) is 0 Å². The van der Waals surface area contributed by atoms with E-state index in [2.05, 4.69) is 22.9 Å². The molecule has 102 valence electrons. The van der Waals surface area contributed by atoms with Crippen molar-refractivity contribution < 1.29 is 51.4 Å². The summed E-state index contributed by atoms with van der Waals surface area (Å²) in [6.07, 6.45) is 2.12. The fourth-order valence-electron chi connectivity index (χ4n) is 2.40. The predicted molar refractivity (Wildman–Crippen MR) is 78.8 cm³/mol. The van der Waals surface area contributed by atoms with Gasteiger partial charge in [0, 0.05) is 13.1 Å². The summed E-state index contributed by atoms with van der Waals surface area (Å²) < 4.78 is 0. The monoisotopic (exact) mass is 305 g/mol. The number of hydrogen-bond acceptors (Lipinski definition) is 2. The van der Waals surface area contributed by atoms with Gasteiger partial charge in [-0.05, 0) is 29.9 Å². The fraction of sp³-hybridized carbons (Fsp3) is 0.500. The van der Waals surface area contributed by atoms with Crippen molar-refractivity contribution in [3.63, 3.8) is 0 Å². The second kappa shape index (κ2) is 8.98. The van der Waals surface area contributed by atoms with Crippen LogP contribution in [0.2, 0.25) is 5.15 Å². The van der Waals surface area contributed by atoms with E-state index in [4.69, 9.17) is 17.3 Å². The van der Waals surface area contributed by atoms with E-state index >= 15 is 0 Å². The molecule has 1 aromatic rings. The third-order valence-corrected chi connectivity index (χ3v) is 3.81. The maximum absolute atomic E-state index is 6.08. The maximum Gasteiger partial charge on any atom is 1.00 e. The number of piperidine rings is 1. The van der Waals surface area contributed by atoms with Gasteiger partial charge in [-0.3, -0.25) is 0 Å². The van der Waals surface area contributed by atoms with Gasteiger partial charge in [-0.25, -0.2) is 4.98 Å². The van der Waals surface area contributed by atoms with Gasteiger partial charge >= 0.3 is 51.4 Å². The van der Waals surface area contributed by atoms with E-state index in [1.165, 1.54) is 13.5 Å². The van der Waals surface area contributed by atoms with Crippen molar-refractivity contribution >= 4 is 17.4 Å². The number of rotatable bonds is 2. The standard InChI is InChI=1S/C12H14ClN2.CH4N.CH3.K/c1-2-8-3-4-11(14-12(8)13)15-6-9-5-10(9)7-15;1-2;;/h3-4,9-10H,1-2,5-7H2;2H,1H3;1H3;/q3*-1;+1. The van der Waals surface area contributed by atoms with Gasteiger partial charge in [0.25, 0.3) is 0 Å². The van der Waals surface area contributed by atoms with E-state index in [-0.39, 0.29) is 58.8 Å². The quantitative estimate of drug-likeness (QED) is 0.458. The second-order valence-corrected chi connectivity index (χ2v) is 4.89. The Morgan fingerprint density at radius 2 is 1.95 bits per heavy atom. The van der Waals surface area contributed by atoms with Crippen molar-refractivity contribution in [3.05, 3.63) is 42.9 Å². The van der Waals surface area contributed by atoms with Crippen molar-refractivity contribution in [2.45, 2.75) is 12.8 Å². The molecule has 0 radical (unpaired) electrons. The Morgan fingerprint density at radius 1 is 1.37 bits per heavy atom. The van der Waals surface area contributed by atoms with Crippen LogP contribution in [0.4, 0.5) is 5.82 Å². The SMILES string of the molecule is C[NH-].[CH2-]Cc1ccc(N2CC3CC3C2)nc1Cl.[CH3-].[K+]. The molecule has 2 aliphatic rings. The van der Waals surface area contributed by atoms with Gasteiger partial charge < -0.3 is 25.0 Å². The summed E-state index contributed by atoms with van der Waals surface area (Å²) in [4.78, 5) is 6.78. The third kappa shape index (κ3) is 4.66. The summed E-state index contributed by atoms with van der Waals surface area (Å²) in [7, 11) is 1.25. The van der Waals surface area contributed by atoms with E-state index in [0.29, 0.717) is 11.6 Å². The minimum absolute atomic E-state index is 0. The van der Waals surface area contributed by atoms with E-state index in [1.54, 1.807) is 0 Å². The molecule has 19 heavy (non-hydrogen) atoms. The average Bonchev–Trinajstić information content (AvgIpc) is 2.98. The number of hydrogen-bond donors (Lipinski definition) is 0. The largest absolute Gasteiger partial charge is 1.00 e. The number of pyridine rings is 1. The Morgan fingerprint density at radius 3 is 2.42 bits per heavy atom. The number of halogens is 1. The van der Waals surface area contributed by atoms with E-state index in [1.807, 2.05) is 6.07 Å². The first kappa shape index (κ1) is 19.8. The third-order valence-electron chi connectivity index (χ3n) is 3.48. The summed E-state index contributed by atoms with van der Waals surface area (Å²) in [5, 5.41) is 0.614. The number of aromatic nitrogens is 1. The van der Waals surface area contributed by atoms with Crippen LogP contribution in [0.5, 0.6) is 0 Å². The molecule has 1 aliphatic heterocycles. The summed E-state index contributed by atoms with van der Waals surface area (Å²) in [6, 6.07) is 4.11.